The average molecular weight is 470 g/mol. The third-order valence-corrected chi connectivity index (χ3v) is 6.31. The average Bonchev–Trinajstić information content (AvgIpc) is 3.24. The topological polar surface area (TPSA) is 81.5 Å². The zero-order chi connectivity index (χ0) is 23.2. The highest BCUT2D eigenvalue weighted by Gasteiger charge is 2.27. The molecule has 5 aromatic heterocycles. The van der Waals surface area contributed by atoms with Gasteiger partial charge >= 0.3 is 0 Å². The summed E-state index contributed by atoms with van der Waals surface area (Å²) < 4.78 is 5.53. The van der Waals surface area contributed by atoms with Crippen molar-refractivity contribution >= 4 is 28.7 Å². The van der Waals surface area contributed by atoms with E-state index in [0.29, 0.717) is 23.0 Å². The molecule has 1 aliphatic rings. The van der Waals surface area contributed by atoms with Gasteiger partial charge in [-0.05, 0) is 42.5 Å². The summed E-state index contributed by atoms with van der Waals surface area (Å²) in [4.78, 5) is 21.7. The summed E-state index contributed by atoms with van der Waals surface area (Å²) in [5.41, 5.74) is 5.77. The number of pyridine rings is 2. The Morgan fingerprint density at radius 3 is 2.97 bits per heavy atom. The van der Waals surface area contributed by atoms with Gasteiger partial charge in [0, 0.05) is 23.6 Å². The molecule has 6 rings (SSSR count). The van der Waals surface area contributed by atoms with Crippen molar-refractivity contribution < 1.29 is 4.79 Å². The lowest BCUT2D eigenvalue weighted by Gasteiger charge is -2.05. The molecule has 5 aromatic rings. The van der Waals surface area contributed by atoms with E-state index < -0.39 is 0 Å². The second-order valence-corrected chi connectivity index (χ2v) is 8.89. The minimum atomic E-state index is -0.229. The highest BCUT2D eigenvalue weighted by atomic mass is 35.5. The highest BCUT2D eigenvalue weighted by Crippen LogP contribution is 2.41. The largest absolute Gasteiger partial charge is 0.346 e. The van der Waals surface area contributed by atoms with Crippen LogP contribution in [0.2, 0.25) is 5.02 Å². The van der Waals surface area contributed by atoms with Gasteiger partial charge < -0.3 is 9.72 Å². The number of fused-ring (bicyclic) bond motifs is 2. The second-order valence-electron chi connectivity index (χ2n) is 8.45. The summed E-state index contributed by atoms with van der Waals surface area (Å²) in [6.07, 6.45) is 16.9. The van der Waals surface area contributed by atoms with Crippen LogP contribution in [-0.4, -0.2) is 34.5 Å². The lowest BCUT2D eigenvalue weighted by atomic mass is 10.1. The van der Waals surface area contributed by atoms with E-state index >= 15 is 0 Å². The number of imidazole rings is 2. The van der Waals surface area contributed by atoms with Gasteiger partial charge in [0.15, 0.2) is 0 Å². The first kappa shape index (κ1) is 20.5. The second kappa shape index (κ2) is 8.04. The van der Waals surface area contributed by atoms with Crippen molar-refractivity contribution in [3.8, 4) is 12.3 Å². The fourth-order valence-corrected chi connectivity index (χ4v) is 4.39. The monoisotopic (exact) mass is 469 g/mol. The smallest absolute Gasteiger partial charge is 0.254 e. The summed E-state index contributed by atoms with van der Waals surface area (Å²) in [7, 11) is 0. The minimum absolute atomic E-state index is 0.229. The number of terminal acetylenes is 1. The molecule has 8 nitrogen and oxygen atoms in total. The van der Waals surface area contributed by atoms with Gasteiger partial charge in [-0.2, -0.15) is 5.10 Å². The van der Waals surface area contributed by atoms with E-state index in [0.717, 1.165) is 28.2 Å². The van der Waals surface area contributed by atoms with Crippen LogP contribution in [0.15, 0.2) is 55.4 Å². The van der Waals surface area contributed by atoms with Gasteiger partial charge in [-0.1, -0.05) is 23.6 Å². The van der Waals surface area contributed by atoms with Crippen molar-refractivity contribution in [2.24, 2.45) is 0 Å². The fraction of sp³-hybridized carbons (Fsp3) is 0.200. The highest BCUT2D eigenvalue weighted by molar-refractivity contribution is 6.30. The number of nitrogens with one attached hydrogen (secondary N) is 1. The third kappa shape index (κ3) is 3.70. The van der Waals surface area contributed by atoms with Crippen molar-refractivity contribution in [2.45, 2.75) is 31.8 Å². The van der Waals surface area contributed by atoms with Crippen LogP contribution in [0, 0.1) is 12.3 Å². The normalized spacial score (nSPS) is 13.4. The van der Waals surface area contributed by atoms with Crippen LogP contribution in [0.3, 0.4) is 0 Å². The molecule has 5 heterocycles. The van der Waals surface area contributed by atoms with E-state index in [1.807, 2.05) is 33.3 Å². The molecule has 0 unspecified atom stereocenters. The number of hydrogen-bond acceptors (Lipinski definition) is 4. The van der Waals surface area contributed by atoms with Crippen LogP contribution in [0.1, 0.15) is 51.8 Å². The number of aromatic nitrogens is 6. The van der Waals surface area contributed by atoms with Crippen LogP contribution in [0.4, 0.5) is 0 Å². The Balaban J connectivity index is 1.16. The van der Waals surface area contributed by atoms with E-state index in [1.54, 1.807) is 29.5 Å². The van der Waals surface area contributed by atoms with Gasteiger partial charge in [-0.3, -0.25) is 13.9 Å². The number of rotatable bonds is 6. The van der Waals surface area contributed by atoms with E-state index in [-0.39, 0.29) is 12.5 Å². The summed E-state index contributed by atoms with van der Waals surface area (Å²) in [6.45, 7) is 0.716. The molecule has 1 saturated carbocycles. The molecule has 0 spiro atoms. The molecule has 1 N–H and O–H groups in total. The number of halogens is 1. The maximum Gasteiger partial charge on any atom is 0.254 e. The van der Waals surface area contributed by atoms with Crippen LogP contribution in [-0.2, 0) is 13.1 Å². The van der Waals surface area contributed by atoms with Gasteiger partial charge in [0.1, 0.15) is 11.3 Å². The molecule has 0 saturated heterocycles. The van der Waals surface area contributed by atoms with Crippen LogP contribution in [0.5, 0.6) is 0 Å². The lowest BCUT2D eigenvalue weighted by molar-refractivity contribution is 0.0950. The molecule has 0 bridgehead atoms. The molecule has 0 aliphatic heterocycles. The molecule has 1 amide bonds. The molecule has 168 valence electrons. The zero-order valence-electron chi connectivity index (χ0n) is 18.1. The first-order chi connectivity index (χ1) is 16.6. The zero-order valence-corrected chi connectivity index (χ0v) is 18.9. The van der Waals surface area contributed by atoms with Crippen molar-refractivity contribution in [1.29, 1.82) is 0 Å². The maximum absolute atomic E-state index is 12.7. The van der Waals surface area contributed by atoms with Crippen molar-refractivity contribution in [1.82, 2.24) is 33.9 Å². The molecule has 1 fully saturated rings. The Kier molecular flexibility index (Phi) is 4.85. The number of amides is 1. The summed E-state index contributed by atoms with van der Waals surface area (Å²) in [6, 6.07) is 7.71. The molecule has 0 radical (unpaired) electrons. The van der Waals surface area contributed by atoms with Crippen molar-refractivity contribution in [3.05, 3.63) is 88.6 Å². The molecule has 0 atom stereocenters. The molecule has 34 heavy (non-hydrogen) atoms. The quantitative estimate of drug-likeness (QED) is 0.385. The maximum atomic E-state index is 12.7. The number of carbonyl (C=O) groups is 1. The first-order valence-electron chi connectivity index (χ1n) is 11.0. The first-order valence-corrected chi connectivity index (χ1v) is 11.4. The Bertz CT molecular complexity index is 1600. The van der Waals surface area contributed by atoms with Crippen molar-refractivity contribution in [2.75, 3.05) is 0 Å². The molecule has 1 aliphatic carbocycles. The summed E-state index contributed by atoms with van der Waals surface area (Å²) in [5.74, 6) is 3.16. The summed E-state index contributed by atoms with van der Waals surface area (Å²) >= 11 is 6.09. The van der Waals surface area contributed by atoms with Gasteiger partial charge in [0.2, 0.25) is 0 Å². The van der Waals surface area contributed by atoms with Crippen LogP contribution < -0.4 is 5.32 Å². The Hall–Kier alpha value is -4.09. The van der Waals surface area contributed by atoms with E-state index in [2.05, 4.69) is 32.4 Å². The van der Waals surface area contributed by atoms with E-state index in [1.165, 1.54) is 18.4 Å². The predicted octanol–water partition coefficient (Wildman–Crippen LogP) is 3.67. The van der Waals surface area contributed by atoms with Gasteiger partial charge in [-0.25, -0.2) is 9.97 Å². The summed E-state index contributed by atoms with van der Waals surface area (Å²) in [5, 5.41) is 7.85. The number of carbonyl (C=O) groups excluding carboxylic acids is 1. The lowest BCUT2D eigenvalue weighted by Crippen LogP contribution is -2.22. The Morgan fingerprint density at radius 2 is 2.15 bits per heavy atom. The molecule has 9 heteroatoms. The van der Waals surface area contributed by atoms with Gasteiger partial charge in [-0.15, -0.1) is 6.42 Å². The molecular weight excluding hydrogens is 450 g/mol. The van der Waals surface area contributed by atoms with Gasteiger partial charge in [0.05, 0.1) is 48.1 Å². The predicted molar refractivity (Wildman–Crippen MR) is 128 cm³/mol. The minimum Gasteiger partial charge on any atom is -0.346 e. The number of nitrogens with zero attached hydrogens (tertiary/aromatic N) is 6. The van der Waals surface area contributed by atoms with Gasteiger partial charge in [0.25, 0.3) is 5.91 Å². The van der Waals surface area contributed by atoms with E-state index in [9.17, 15) is 4.79 Å². The third-order valence-electron chi connectivity index (χ3n) is 6.08. The SMILES string of the molecule is C#Cc1c(C2CC2)ccc2nc(Cn3cc(C(=O)NCc4ncn5ccc(Cl)cc45)cn3)cn12. The Morgan fingerprint density at radius 1 is 1.26 bits per heavy atom. The van der Waals surface area contributed by atoms with Crippen molar-refractivity contribution in [3.63, 3.8) is 0 Å². The number of hydrogen-bond donors (Lipinski definition) is 1. The fourth-order valence-electron chi connectivity index (χ4n) is 4.23. The molecule has 0 aromatic carbocycles. The Labute approximate surface area is 200 Å². The standard InChI is InChI=1S/C25H20ClN7O/c1-2-22-20(16-3-4-16)5-6-24-30-19(14-33(22)24)13-32-12-17(10-29-32)25(34)27-11-21-23-9-18(26)7-8-31(23)15-28-21/h1,5-10,12,14-16H,3-4,11,13H2,(H,27,34). The van der Waals surface area contributed by atoms with Crippen LogP contribution >= 0.6 is 11.6 Å². The van der Waals surface area contributed by atoms with Crippen LogP contribution in [0.25, 0.3) is 11.2 Å². The van der Waals surface area contributed by atoms with E-state index in [4.69, 9.17) is 18.0 Å². The molecular formula is C25H20ClN7O.